The number of rotatable bonds is 3. The first-order valence-electron chi connectivity index (χ1n) is 5.71. The highest BCUT2D eigenvalue weighted by molar-refractivity contribution is 5.85. The van der Waals surface area contributed by atoms with Crippen LogP contribution in [0.25, 0.3) is 11.4 Å². The summed E-state index contributed by atoms with van der Waals surface area (Å²) in [6.07, 6.45) is 0. The molecule has 0 atom stereocenters. The molecule has 0 bridgehead atoms. The van der Waals surface area contributed by atoms with Gasteiger partial charge in [0.2, 0.25) is 0 Å². The molecule has 20 heavy (non-hydrogen) atoms. The highest BCUT2D eigenvalue weighted by Crippen LogP contribution is 2.28. The first kappa shape index (κ1) is 18.6. The number of benzene rings is 1. The van der Waals surface area contributed by atoms with Gasteiger partial charge in [-0.05, 0) is 33.2 Å². The maximum atomic E-state index is 10.2. The van der Waals surface area contributed by atoms with Gasteiger partial charge in [-0.15, -0.1) is 24.8 Å². The summed E-state index contributed by atoms with van der Waals surface area (Å²) in [6.45, 7) is 2.43. The Kier molecular flexibility index (Phi) is 6.85. The first-order valence-corrected chi connectivity index (χ1v) is 5.71. The number of aryl methyl sites for hydroxylation is 1. The summed E-state index contributed by atoms with van der Waals surface area (Å²) in [7, 11) is 3.85. The lowest BCUT2D eigenvalue weighted by Crippen LogP contribution is -2.14. The van der Waals surface area contributed by atoms with Crippen LogP contribution in [0.1, 0.15) is 11.4 Å². The summed E-state index contributed by atoms with van der Waals surface area (Å²) in [5.41, 5.74) is 2.00. The second-order valence-electron chi connectivity index (χ2n) is 4.53. The second-order valence-corrected chi connectivity index (χ2v) is 4.53. The monoisotopic (exact) mass is 319 g/mol. The van der Waals surface area contributed by atoms with Crippen LogP contribution >= 0.6 is 24.8 Å². The van der Waals surface area contributed by atoms with Crippen molar-refractivity contribution in [2.24, 2.45) is 0 Å². The van der Waals surface area contributed by atoms with Crippen LogP contribution in [0.15, 0.2) is 24.3 Å². The van der Waals surface area contributed by atoms with E-state index in [-0.39, 0.29) is 30.6 Å². The minimum atomic E-state index is 0. The largest absolute Gasteiger partial charge is 0.507 e. The molecule has 7 heteroatoms. The van der Waals surface area contributed by atoms with E-state index >= 15 is 0 Å². The molecule has 0 spiro atoms. The Morgan fingerprint density at radius 1 is 1.20 bits per heavy atom. The highest BCUT2D eigenvalue weighted by Gasteiger charge is 2.17. The number of phenolic OH excluding ortho intramolecular Hbond substituents is 1. The van der Waals surface area contributed by atoms with Crippen molar-refractivity contribution in [3.63, 3.8) is 0 Å². The lowest BCUT2D eigenvalue weighted by molar-refractivity contribution is 0.172. The molecular formula is C13H19Cl2N3O2. The van der Waals surface area contributed by atoms with Crippen molar-refractivity contribution in [2.75, 3.05) is 14.1 Å². The van der Waals surface area contributed by atoms with Gasteiger partial charge in [-0.3, -0.25) is 0 Å². The third-order valence-electron chi connectivity index (χ3n) is 2.76. The molecule has 0 fully saturated rings. The zero-order chi connectivity index (χ0) is 13.3. The number of imidazole rings is 1. The van der Waals surface area contributed by atoms with Gasteiger partial charge in [0, 0.05) is 6.54 Å². The number of para-hydroxylation sites is 1. The summed E-state index contributed by atoms with van der Waals surface area (Å²) >= 11 is 0. The lowest BCUT2D eigenvalue weighted by atomic mass is 10.2. The van der Waals surface area contributed by atoms with Crippen molar-refractivity contribution in [3.8, 4) is 17.1 Å². The predicted molar refractivity (Wildman–Crippen MR) is 83.1 cm³/mol. The van der Waals surface area contributed by atoms with Crippen LogP contribution in [-0.2, 0) is 6.54 Å². The van der Waals surface area contributed by atoms with E-state index in [4.69, 9.17) is 0 Å². The molecule has 0 aliphatic carbocycles. The fraction of sp³-hybridized carbons (Fsp3) is 0.308. The average molecular weight is 320 g/mol. The summed E-state index contributed by atoms with van der Waals surface area (Å²) < 4.78 is 1.05. The van der Waals surface area contributed by atoms with Gasteiger partial charge in [-0.2, -0.15) is 4.73 Å². The fourth-order valence-electron chi connectivity index (χ4n) is 1.87. The van der Waals surface area contributed by atoms with Crippen LogP contribution in [0.4, 0.5) is 0 Å². The van der Waals surface area contributed by atoms with E-state index in [0.29, 0.717) is 17.9 Å². The fourth-order valence-corrected chi connectivity index (χ4v) is 1.87. The minimum absolute atomic E-state index is 0. The number of hydrogen-bond acceptors (Lipinski definition) is 4. The number of halogens is 2. The Morgan fingerprint density at radius 3 is 2.35 bits per heavy atom. The number of nitrogens with zero attached hydrogens (tertiary/aromatic N) is 3. The van der Waals surface area contributed by atoms with Crippen molar-refractivity contribution in [1.29, 1.82) is 0 Å². The van der Waals surface area contributed by atoms with Gasteiger partial charge in [0.05, 0.1) is 17.0 Å². The number of aromatic hydroxyl groups is 1. The lowest BCUT2D eigenvalue weighted by Gasteiger charge is -2.10. The van der Waals surface area contributed by atoms with E-state index in [1.54, 1.807) is 24.3 Å². The summed E-state index contributed by atoms with van der Waals surface area (Å²) in [5.74, 6) is 0.469. The molecule has 0 aliphatic heterocycles. The Labute approximate surface area is 130 Å². The summed E-state index contributed by atoms with van der Waals surface area (Å²) in [4.78, 5) is 6.27. The summed E-state index contributed by atoms with van der Waals surface area (Å²) in [5, 5.41) is 19.9. The van der Waals surface area contributed by atoms with Crippen molar-refractivity contribution in [3.05, 3.63) is 35.7 Å². The van der Waals surface area contributed by atoms with Gasteiger partial charge in [-0.1, -0.05) is 12.1 Å². The van der Waals surface area contributed by atoms with Gasteiger partial charge < -0.3 is 15.2 Å². The minimum Gasteiger partial charge on any atom is -0.507 e. The molecule has 0 aliphatic rings. The van der Waals surface area contributed by atoms with Crippen LogP contribution in [0.5, 0.6) is 5.75 Å². The van der Waals surface area contributed by atoms with Gasteiger partial charge >= 0.3 is 0 Å². The SMILES string of the molecule is Cc1nc(-c2ccccc2O)n(O)c1CN(C)C.Cl.Cl. The molecule has 2 rings (SSSR count). The molecule has 1 aromatic carbocycles. The molecule has 2 N–H and O–H groups in total. The molecule has 112 valence electrons. The Bertz CT molecular complexity index is 571. The summed E-state index contributed by atoms with van der Waals surface area (Å²) in [6, 6.07) is 6.83. The Hall–Kier alpha value is -1.43. The van der Waals surface area contributed by atoms with Gasteiger partial charge in [-0.25, -0.2) is 4.98 Å². The molecule has 2 aromatic rings. The van der Waals surface area contributed by atoms with Crippen LogP contribution in [0, 0.1) is 6.92 Å². The van der Waals surface area contributed by atoms with Gasteiger partial charge in [0.1, 0.15) is 5.75 Å². The molecule has 0 radical (unpaired) electrons. The third-order valence-corrected chi connectivity index (χ3v) is 2.76. The molecule has 0 unspecified atom stereocenters. The number of hydrogen-bond donors (Lipinski definition) is 2. The first-order chi connectivity index (χ1) is 8.50. The van der Waals surface area contributed by atoms with Gasteiger partial charge in [0.15, 0.2) is 5.82 Å². The van der Waals surface area contributed by atoms with Crippen molar-refractivity contribution in [1.82, 2.24) is 14.6 Å². The standard InChI is InChI=1S/C13H17N3O2.2ClH/c1-9-11(8-15(2)3)16(18)13(14-9)10-6-4-5-7-12(10)17;;/h4-7,17-18H,8H2,1-3H3;2*1H. The molecule has 0 saturated heterocycles. The van der Waals surface area contributed by atoms with Crippen LogP contribution in [-0.4, -0.2) is 39.0 Å². The van der Waals surface area contributed by atoms with Crippen molar-refractivity contribution < 1.29 is 10.3 Å². The Balaban J connectivity index is 0.00000180. The number of aromatic nitrogens is 2. The van der Waals surface area contributed by atoms with Crippen molar-refractivity contribution >= 4 is 24.8 Å². The molecule has 5 nitrogen and oxygen atoms in total. The van der Waals surface area contributed by atoms with Crippen LogP contribution < -0.4 is 0 Å². The topological polar surface area (TPSA) is 61.5 Å². The zero-order valence-electron chi connectivity index (χ0n) is 11.6. The highest BCUT2D eigenvalue weighted by atomic mass is 35.5. The number of phenols is 1. The maximum absolute atomic E-state index is 10.2. The third kappa shape index (κ3) is 3.56. The van der Waals surface area contributed by atoms with E-state index in [2.05, 4.69) is 4.98 Å². The predicted octanol–water partition coefficient (Wildman–Crippen LogP) is 2.71. The second kappa shape index (κ2) is 7.38. The molecule has 1 aromatic heterocycles. The van der Waals surface area contributed by atoms with E-state index in [1.165, 1.54) is 0 Å². The Morgan fingerprint density at radius 2 is 1.80 bits per heavy atom. The van der Waals surface area contributed by atoms with Crippen molar-refractivity contribution in [2.45, 2.75) is 13.5 Å². The normalized spacial score (nSPS) is 10.0. The van der Waals surface area contributed by atoms with Crippen LogP contribution in [0.2, 0.25) is 0 Å². The average Bonchev–Trinajstić information content (AvgIpc) is 2.57. The smallest absolute Gasteiger partial charge is 0.179 e. The maximum Gasteiger partial charge on any atom is 0.179 e. The van der Waals surface area contributed by atoms with E-state index < -0.39 is 0 Å². The molecule has 1 heterocycles. The van der Waals surface area contributed by atoms with E-state index in [0.717, 1.165) is 16.1 Å². The van der Waals surface area contributed by atoms with Gasteiger partial charge in [0.25, 0.3) is 0 Å². The zero-order valence-corrected chi connectivity index (χ0v) is 13.2. The molecular weight excluding hydrogens is 301 g/mol. The van der Waals surface area contributed by atoms with E-state index in [9.17, 15) is 10.3 Å². The molecule has 0 saturated carbocycles. The molecule has 0 amide bonds. The quantitative estimate of drug-likeness (QED) is 0.854. The van der Waals surface area contributed by atoms with Crippen LogP contribution in [0.3, 0.4) is 0 Å². The van der Waals surface area contributed by atoms with E-state index in [1.807, 2.05) is 25.9 Å².